The number of nitrogens with one attached hydrogen (secondary N) is 2. The van der Waals surface area contributed by atoms with Crippen LogP contribution in [0.4, 0.5) is 21.0 Å². The van der Waals surface area contributed by atoms with E-state index in [0.29, 0.717) is 45.7 Å². The summed E-state index contributed by atoms with van der Waals surface area (Å²) in [4.78, 5) is 49.6. The second-order valence-electron chi connectivity index (χ2n) is 17.1. The predicted octanol–water partition coefficient (Wildman–Crippen LogP) is 13.4. The maximum absolute atomic E-state index is 12.5. The van der Waals surface area contributed by atoms with Crippen molar-refractivity contribution in [3.63, 3.8) is 0 Å². The van der Waals surface area contributed by atoms with Crippen LogP contribution in [0.1, 0.15) is 74.0 Å². The van der Waals surface area contributed by atoms with E-state index >= 15 is 0 Å². The summed E-state index contributed by atoms with van der Waals surface area (Å²) in [6, 6.07) is 38.4. The molecule has 2 aliphatic rings. The standard InChI is InChI=1S/2C27H22ClNO4S2.Ca/c2*1-16(20-10-13-34-15-20)33-26(32)29-22-14-23(28)35-24(22)19-4-2-17(3-5-19)18-6-8-21(9-7-18)27(11-12-27)25(30)31;/h2*2-10,13-16H,11-12H2,1H3,(H,29,32)(H,30,31);/q;;+2/p-2/t2*16-;/m11./s1. The number of hydrogen-bond acceptors (Lipinski definition) is 12. The Kier molecular flexibility index (Phi) is 16.5. The number of anilines is 2. The zero-order chi connectivity index (χ0) is 49.2. The van der Waals surface area contributed by atoms with Gasteiger partial charge in [-0.1, -0.05) is 120 Å². The van der Waals surface area contributed by atoms with Crippen LogP contribution < -0.4 is 20.8 Å². The number of hydrogen-bond donors (Lipinski definition) is 2. The molecule has 10 nitrogen and oxygen atoms in total. The number of amides is 2. The zero-order valence-electron chi connectivity index (χ0n) is 38.2. The number of carboxylic acids is 2. The van der Waals surface area contributed by atoms with Crippen LogP contribution in [0.3, 0.4) is 0 Å². The van der Waals surface area contributed by atoms with Gasteiger partial charge in [-0.3, -0.25) is 10.6 Å². The topological polar surface area (TPSA) is 157 Å². The number of benzene rings is 4. The van der Waals surface area contributed by atoms with E-state index < -0.39 is 35.0 Å². The van der Waals surface area contributed by atoms with Gasteiger partial charge in [0.25, 0.3) is 0 Å². The molecule has 4 heterocycles. The second-order valence-corrected chi connectivity index (χ2v) is 22.0. The van der Waals surface area contributed by atoms with Gasteiger partial charge in [0, 0.05) is 22.0 Å². The van der Waals surface area contributed by atoms with Gasteiger partial charge in [0.05, 0.1) is 41.7 Å². The molecule has 0 spiro atoms. The summed E-state index contributed by atoms with van der Waals surface area (Å²) in [5.74, 6) is -2.00. The molecule has 2 N–H and O–H groups in total. The van der Waals surface area contributed by atoms with Crippen LogP contribution in [-0.2, 0) is 29.9 Å². The van der Waals surface area contributed by atoms with E-state index in [0.717, 1.165) is 65.4 Å². The molecule has 4 aromatic heterocycles. The van der Waals surface area contributed by atoms with Crippen LogP contribution in [0.5, 0.6) is 0 Å². The van der Waals surface area contributed by atoms with Crippen molar-refractivity contribution in [1.29, 1.82) is 0 Å². The molecule has 0 unspecified atom stereocenters. The number of aliphatic carboxylic acids is 2. The molecule has 2 atom stereocenters. The molecule has 0 radical (unpaired) electrons. The van der Waals surface area contributed by atoms with E-state index in [4.69, 9.17) is 32.7 Å². The Labute approximate surface area is 466 Å². The van der Waals surface area contributed by atoms with Crippen LogP contribution in [0, 0.1) is 0 Å². The number of rotatable bonds is 14. The normalized spacial score (nSPS) is 14.6. The van der Waals surface area contributed by atoms with Gasteiger partial charge in [0.15, 0.2) is 0 Å². The van der Waals surface area contributed by atoms with Gasteiger partial charge in [-0.25, -0.2) is 9.59 Å². The zero-order valence-corrected chi connectivity index (χ0v) is 45.2. The van der Waals surface area contributed by atoms with Crippen LogP contribution >= 0.6 is 68.5 Å². The summed E-state index contributed by atoms with van der Waals surface area (Å²) in [5.41, 5.74) is 8.85. The summed E-state index contributed by atoms with van der Waals surface area (Å²) >= 11 is 18.4. The minimum Gasteiger partial charge on any atom is -0.549 e. The van der Waals surface area contributed by atoms with Crippen LogP contribution in [-0.4, -0.2) is 61.9 Å². The van der Waals surface area contributed by atoms with E-state index in [1.165, 1.54) is 22.7 Å². The molecular formula is C54H42CaCl2N2O8S4. The van der Waals surface area contributed by atoms with Crippen molar-refractivity contribution in [2.24, 2.45) is 0 Å². The molecule has 2 fully saturated rings. The molecule has 0 bridgehead atoms. The maximum Gasteiger partial charge on any atom is 2.00 e. The molecule has 8 aromatic rings. The largest absolute Gasteiger partial charge is 2.00 e. The van der Waals surface area contributed by atoms with E-state index in [9.17, 15) is 29.4 Å². The smallest absolute Gasteiger partial charge is 0.549 e. The monoisotopic (exact) mass is 1080 g/mol. The third-order valence-electron chi connectivity index (χ3n) is 12.6. The summed E-state index contributed by atoms with van der Waals surface area (Å²) < 4.78 is 12.1. The fourth-order valence-corrected chi connectivity index (χ4v) is 12.0. The Bertz CT molecular complexity index is 2940. The fraction of sp³-hybridized carbons (Fsp3) is 0.185. The molecule has 0 aliphatic heterocycles. The van der Waals surface area contributed by atoms with Gasteiger partial charge in [0.2, 0.25) is 0 Å². The fourth-order valence-electron chi connectivity index (χ4n) is 8.15. The molecule has 2 saturated carbocycles. The molecule has 2 aliphatic carbocycles. The van der Waals surface area contributed by atoms with Crippen LogP contribution in [0.2, 0.25) is 8.67 Å². The van der Waals surface area contributed by atoms with Gasteiger partial charge in [-0.15, -0.1) is 22.7 Å². The minimum atomic E-state index is -1.00. The van der Waals surface area contributed by atoms with Crippen molar-refractivity contribution < 1.29 is 38.9 Å². The summed E-state index contributed by atoms with van der Waals surface area (Å²) in [6.07, 6.45) is 0.722. The maximum atomic E-state index is 12.5. The van der Waals surface area contributed by atoms with Crippen molar-refractivity contribution in [2.45, 2.75) is 62.6 Å². The molecule has 2 amide bonds. The number of ether oxygens (including phenoxy) is 2. The first-order valence-electron chi connectivity index (χ1n) is 22.1. The number of thiophene rings is 4. The third-order valence-corrected chi connectivity index (χ3v) is 16.6. The Morgan fingerprint density at radius 3 is 1.11 bits per heavy atom. The Morgan fingerprint density at radius 2 is 0.831 bits per heavy atom. The van der Waals surface area contributed by atoms with Gasteiger partial charge in [0.1, 0.15) is 12.2 Å². The molecule has 71 heavy (non-hydrogen) atoms. The quantitative estimate of drug-likeness (QED) is 0.102. The Hall–Kier alpha value is -5.00. The Balaban J connectivity index is 0.000000188. The van der Waals surface area contributed by atoms with Crippen molar-refractivity contribution in [1.82, 2.24) is 0 Å². The molecular weight excluding hydrogens is 1040 g/mol. The first-order chi connectivity index (χ1) is 33.7. The first kappa shape index (κ1) is 52.3. The Morgan fingerprint density at radius 1 is 0.521 bits per heavy atom. The molecule has 4 aromatic carbocycles. The van der Waals surface area contributed by atoms with Crippen molar-refractivity contribution in [3.8, 4) is 43.1 Å². The number of halogens is 2. The minimum absolute atomic E-state index is 0. The average molecular weight is 1090 g/mol. The first-order valence-corrected chi connectivity index (χ1v) is 26.4. The second kappa shape index (κ2) is 22.4. The number of carbonyl (C=O) groups excluding carboxylic acids is 4. The van der Waals surface area contributed by atoms with E-state index in [-0.39, 0.29) is 49.9 Å². The molecule has 10 rings (SSSR count). The van der Waals surface area contributed by atoms with Gasteiger partial charge < -0.3 is 29.3 Å². The van der Waals surface area contributed by atoms with Crippen molar-refractivity contribution in [3.05, 3.63) is 174 Å². The predicted molar refractivity (Wildman–Crippen MR) is 284 cm³/mol. The van der Waals surface area contributed by atoms with E-state index in [1.54, 1.807) is 34.8 Å². The van der Waals surface area contributed by atoms with Gasteiger partial charge >= 0.3 is 49.9 Å². The number of carbonyl (C=O) groups is 4. The summed E-state index contributed by atoms with van der Waals surface area (Å²) in [7, 11) is 0. The van der Waals surface area contributed by atoms with Crippen LogP contribution in [0.15, 0.2) is 143 Å². The van der Waals surface area contributed by atoms with Gasteiger partial charge in [-0.2, -0.15) is 22.7 Å². The van der Waals surface area contributed by atoms with E-state index in [2.05, 4.69) is 10.6 Å². The van der Waals surface area contributed by atoms with Crippen molar-refractivity contribution >= 4 is 142 Å². The van der Waals surface area contributed by atoms with Crippen LogP contribution in [0.25, 0.3) is 43.1 Å². The van der Waals surface area contributed by atoms with Gasteiger partial charge in [-0.05, 0) is 130 Å². The molecule has 356 valence electrons. The summed E-state index contributed by atoms with van der Waals surface area (Å²) in [5, 5.41) is 36.3. The average Bonchev–Trinajstić information content (AvgIpc) is 4.04. The SMILES string of the molecule is C[C@@H](OC(=O)Nc1cc(Cl)sc1-c1ccc(-c2ccc(C3(C(=O)[O-])CC3)cc2)cc1)c1ccsc1.C[C@@H](OC(=O)Nc1cc(Cl)sc1-c1ccc(-c2ccc(C3(C(=O)[O-])CC3)cc2)cc1)c1ccsc1.[Ca+2]. The number of carboxylic acid groups (broad SMARTS) is 2. The van der Waals surface area contributed by atoms with E-state index in [1.807, 2.05) is 145 Å². The molecule has 17 heteroatoms. The molecule has 0 saturated heterocycles. The third kappa shape index (κ3) is 11.9. The summed E-state index contributed by atoms with van der Waals surface area (Å²) in [6.45, 7) is 3.66. The van der Waals surface area contributed by atoms with Crippen molar-refractivity contribution in [2.75, 3.05) is 10.6 Å².